The molecule has 1 fully saturated rings. The number of carboxylic acids is 1. The van der Waals surface area contributed by atoms with Gasteiger partial charge in [0.05, 0.1) is 11.0 Å². The summed E-state index contributed by atoms with van der Waals surface area (Å²) in [5.74, 6) is -3.19. The summed E-state index contributed by atoms with van der Waals surface area (Å²) in [6, 6.07) is 0.895. The molecule has 1 saturated heterocycles. The van der Waals surface area contributed by atoms with Crippen LogP contribution in [0.4, 0.5) is 0 Å². The molecule has 4 aliphatic rings. The highest BCUT2D eigenvalue weighted by molar-refractivity contribution is 5.86. The Hall–Kier alpha value is -3.68. The highest BCUT2D eigenvalue weighted by Gasteiger charge is 2.72. The number of aliphatic hydroxyl groups is 1. The van der Waals surface area contributed by atoms with Gasteiger partial charge in [0, 0.05) is 24.4 Å². The van der Waals surface area contributed by atoms with E-state index in [0.717, 1.165) is 11.1 Å². The van der Waals surface area contributed by atoms with Gasteiger partial charge in [-0.1, -0.05) is 6.07 Å². The number of esters is 2. The molecule has 0 aromatic heterocycles. The molecule has 2 bridgehead atoms. The summed E-state index contributed by atoms with van der Waals surface area (Å²) in [5.41, 5.74) is 4.97. The van der Waals surface area contributed by atoms with E-state index in [9.17, 15) is 29.4 Å². The number of carbonyl (C=O) groups is 4. The molecule has 5 rings (SSSR count). The fourth-order valence-electron chi connectivity index (χ4n) is 6.74. The number of piperidine rings is 1. The molecular formula is C28H35N3O10. The third-order valence-corrected chi connectivity index (χ3v) is 8.93. The molecule has 2 aliphatic carbocycles. The number of benzene rings is 1. The first-order chi connectivity index (χ1) is 19.3. The maximum atomic E-state index is 13.1. The number of carboxylic acid groups (broad SMARTS) is 1. The highest BCUT2D eigenvalue weighted by atomic mass is 16.6. The van der Waals surface area contributed by atoms with Gasteiger partial charge >= 0.3 is 17.9 Å². The molecular weight excluding hydrogens is 538 g/mol. The molecule has 6 N–H and O–H groups in total. The molecule has 1 amide bonds. The van der Waals surface area contributed by atoms with Crippen molar-refractivity contribution in [3.8, 4) is 11.5 Å². The Bertz CT molecular complexity index is 1330. The molecule has 2 heterocycles. The molecule has 13 heteroatoms. The minimum absolute atomic E-state index is 0.0544. The number of rotatable bonds is 9. The summed E-state index contributed by atoms with van der Waals surface area (Å²) < 4.78 is 17.2. The van der Waals surface area contributed by atoms with E-state index < -0.39 is 59.1 Å². The van der Waals surface area contributed by atoms with E-state index in [1.165, 1.54) is 13.8 Å². The minimum Gasteiger partial charge on any atom is -0.504 e. The summed E-state index contributed by atoms with van der Waals surface area (Å²) in [6.45, 7) is 3.37. The third-order valence-electron chi connectivity index (χ3n) is 8.93. The quantitative estimate of drug-likeness (QED) is 0.245. The number of likely N-dealkylation sites (tertiary alicyclic amines) is 1. The number of hydrogen-bond acceptors (Lipinski definition) is 11. The SMILES string of the molecule is C[C@H](NC(=O)CC[C@H](N)C(=O)O)C(=O)O[C@@H](C)C(=O)OC1=CC[C@@]2(O)[C@H]3Cc4ccc(O)c5c4[C@@]2(CCN3C)[C@H]1O5. The summed E-state index contributed by atoms with van der Waals surface area (Å²) in [4.78, 5) is 50.6. The van der Waals surface area contributed by atoms with Gasteiger partial charge in [-0.05, 0) is 64.4 Å². The van der Waals surface area contributed by atoms with Crippen LogP contribution >= 0.6 is 0 Å². The van der Waals surface area contributed by atoms with Crippen LogP contribution in [-0.4, -0.2) is 93.6 Å². The maximum absolute atomic E-state index is 13.1. The topological polar surface area (TPSA) is 198 Å². The summed E-state index contributed by atoms with van der Waals surface area (Å²) in [6.07, 6.45) is 0.391. The van der Waals surface area contributed by atoms with Crippen molar-refractivity contribution in [1.29, 1.82) is 0 Å². The van der Waals surface area contributed by atoms with E-state index >= 15 is 0 Å². The number of nitrogens with zero attached hydrogens (tertiary/aromatic N) is 1. The van der Waals surface area contributed by atoms with Crippen molar-refractivity contribution in [2.24, 2.45) is 5.73 Å². The second-order valence-corrected chi connectivity index (χ2v) is 11.4. The predicted octanol–water partition coefficient (Wildman–Crippen LogP) is -0.158. The first-order valence-corrected chi connectivity index (χ1v) is 13.6. The van der Waals surface area contributed by atoms with E-state index in [-0.39, 0.29) is 42.6 Å². The molecule has 0 radical (unpaired) electrons. The normalized spacial score (nSPS) is 29.6. The molecule has 1 spiro atoms. The number of phenols is 1. The monoisotopic (exact) mass is 573 g/mol. The standard InChI is InChI=1S/C28H35N3O10/c1-13(30-20(33)7-5-16(29)24(34)35)25(36)39-14(2)26(37)40-18-8-9-28(38)19-12-15-4-6-17(32)22-21(15)27(28,23(18)41-22)10-11-31(19)3/h4,6,8,13-14,16,19,23,32,38H,5,7,9-12,29H2,1-3H3,(H,30,33)(H,34,35)/t13-,14-,16-,19+,23-,27-,28+/m0/s1. The van der Waals surface area contributed by atoms with Crippen LogP contribution in [0.3, 0.4) is 0 Å². The van der Waals surface area contributed by atoms with Crippen LogP contribution in [-0.2, 0) is 40.5 Å². The van der Waals surface area contributed by atoms with Gasteiger partial charge in [0.2, 0.25) is 5.91 Å². The largest absolute Gasteiger partial charge is 0.504 e. The summed E-state index contributed by atoms with van der Waals surface area (Å²) in [5, 5.41) is 34.0. The van der Waals surface area contributed by atoms with E-state index in [4.69, 9.17) is 25.1 Å². The smallest absolute Gasteiger partial charge is 0.352 e. The van der Waals surface area contributed by atoms with Crippen LogP contribution in [0.15, 0.2) is 24.0 Å². The number of nitrogens with one attached hydrogen (secondary N) is 1. The zero-order valence-electron chi connectivity index (χ0n) is 23.1. The van der Waals surface area contributed by atoms with Crippen LogP contribution in [0, 0.1) is 0 Å². The highest BCUT2D eigenvalue weighted by Crippen LogP contribution is 2.65. The predicted molar refractivity (Wildman–Crippen MR) is 141 cm³/mol. The molecule has 2 aliphatic heterocycles. The van der Waals surface area contributed by atoms with Crippen molar-refractivity contribution in [3.05, 3.63) is 35.1 Å². The van der Waals surface area contributed by atoms with Crippen LogP contribution in [0.5, 0.6) is 11.5 Å². The van der Waals surface area contributed by atoms with Crippen LogP contribution < -0.4 is 15.8 Å². The van der Waals surface area contributed by atoms with Crippen molar-refractivity contribution in [2.45, 2.75) is 87.3 Å². The van der Waals surface area contributed by atoms with E-state index in [2.05, 4.69) is 10.2 Å². The van der Waals surface area contributed by atoms with Crippen LogP contribution in [0.2, 0.25) is 0 Å². The second kappa shape index (κ2) is 10.3. The van der Waals surface area contributed by atoms with Crippen LogP contribution in [0.1, 0.15) is 50.7 Å². The van der Waals surface area contributed by atoms with Gasteiger partial charge in [-0.2, -0.15) is 0 Å². The Morgan fingerprint density at radius 3 is 2.68 bits per heavy atom. The Balaban J connectivity index is 1.27. The van der Waals surface area contributed by atoms with E-state index in [1.54, 1.807) is 12.1 Å². The van der Waals surface area contributed by atoms with E-state index in [0.29, 0.717) is 19.4 Å². The van der Waals surface area contributed by atoms with Gasteiger partial charge < -0.3 is 45.5 Å². The molecule has 7 atom stereocenters. The molecule has 222 valence electrons. The lowest BCUT2D eigenvalue weighted by Crippen LogP contribution is -2.74. The number of ether oxygens (including phenoxy) is 3. The first kappa shape index (κ1) is 28.8. The van der Waals surface area contributed by atoms with Gasteiger partial charge in [-0.15, -0.1) is 0 Å². The lowest BCUT2D eigenvalue weighted by atomic mass is 9.50. The second-order valence-electron chi connectivity index (χ2n) is 11.4. The van der Waals surface area contributed by atoms with Crippen molar-refractivity contribution >= 4 is 23.8 Å². The van der Waals surface area contributed by atoms with Crippen molar-refractivity contribution in [3.63, 3.8) is 0 Å². The van der Waals surface area contributed by atoms with Gasteiger partial charge in [0.25, 0.3) is 0 Å². The fourth-order valence-corrected chi connectivity index (χ4v) is 6.74. The number of aliphatic carboxylic acids is 1. The molecule has 0 unspecified atom stereocenters. The minimum atomic E-state index is -1.34. The lowest BCUT2D eigenvalue weighted by molar-refractivity contribution is -0.176. The Morgan fingerprint density at radius 2 is 1.98 bits per heavy atom. The van der Waals surface area contributed by atoms with Gasteiger partial charge in [0.15, 0.2) is 23.7 Å². The number of hydrogen-bond donors (Lipinski definition) is 5. The van der Waals surface area contributed by atoms with Gasteiger partial charge in [-0.25, -0.2) is 9.59 Å². The van der Waals surface area contributed by atoms with Gasteiger partial charge in [-0.3, -0.25) is 9.59 Å². The van der Waals surface area contributed by atoms with Crippen molar-refractivity contribution < 1.29 is 48.7 Å². The Kier molecular flexibility index (Phi) is 7.24. The van der Waals surface area contributed by atoms with Crippen molar-refractivity contribution in [2.75, 3.05) is 13.6 Å². The van der Waals surface area contributed by atoms with Crippen molar-refractivity contribution in [1.82, 2.24) is 10.2 Å². The number of aromatic hydroxyl groups is 1. The number of carbonyl (C=O) groups excluding carboxylic acids is 3. The third kappa shape index (κ3) is 4.52. The number of nitrogens with two attached hydrogens (primary N) is 1. The zero-order valence-corrected chi connectivity index (χ0v) is 23.1. The van der Waals surface area contributed by atoms with Crippen LogP contribution in [0.25, 0.3) is 0 Å². The molecule has 1 aromatic carbocycles. The number of likely N-dealkylation sites (N-methyl/N-ethyl adjacent to an activating group) is 1. The first-order valence-electron chi connectivity index (χ1n) is 13.6. The van der Waals surface area contributed by atoms with E-state index in [1.807, 2.05) is 13.1 Å². The lowest BCUT2D eigenvalue weighted by Gasteiger charge is -2.61. The maximum Gasteiger partial charge on any atom is 0.352 e. The molecule has 1 aromatic rings. The average molecular weight is 574 g/mol. The Morgan fingerprint density at radius 1 is 1.24 bits per heavy atom. The molecule has 41 heavy (non-hydrogen) atoms. The summed E-state index contributed by atoms with van der Waals surface area (Å²) in [7, 11) is 1.97. The number of phenolic OH excluding ortho intramolecular Hbond substituents is 1. The molecule has 0 saturated carbocycles. The number of amides is 1. The zero-order chi connectivity index (χ0) is 29.9. The van der Waals surface area contributed by atoms with Gasteiger partial charge in [0.1, 0.15) is 17.8 Å². The summed E-state index contributed by atoms with van der Waals surface area (Å²) >= 11 is 0. The Labute approximate surface area is 236 Å². The fraction of sp³-hybridized carbons (Fsp3) is 0.571. The average Bonchev–Trinajstić information content (AvgIpc) is 3.28. The molecule has 13 nitrogen and oxygen atoms in total.